The van der Waals surface area contributed by atoms with E-state index in [0.717, 1.165) is 0 Å². The summed E-state index contributed by atoms with van der Waals surface area (Å²) in [7, 11) is 1.63. The molecule has 0 bridgehead atoms. The van der Waals surface area contributed by atoms with E-state index in [0.29, 0.717) is 5.75 Å². The van der Waals surface area contributed by atoms with Crippen LogP contribution >= 0.6 is 11.8 Å². The number of aliphatic carboxylic acids is 1. The molecule has 0 aromatic rings. The first-order valence-corrected chi connectivity index (χ1v) is 4.48. The van der Waals surface area contributed by atoms with Crippen molar-refractivity contribution in [3.63, 3.8) is 0 Å². The molecule has 0 heterocycles. The van der Waals surface area contributed by atoms with E-state index >= 15 is 0 Å². The summed E-state index contributed by atoms with van der Waals surface area (Å²) < 4.78 is 5.11. The molecule has 0 spiro atoms. The molecule has 0 unspecified atom stereocenters. The Morgan fingerprint density at radius 3 is 2.55 bits per heavy atom. The lowest BCUT2D eigenvalue weighted by Gasteiger charge is -2.21. The van der Waals surface area contributed by atoms with Gasteiger partial charge in [-0.2, -0.15) is 0 Å². The Bertz CT molecular complexity index is 134. The topological polar surface area (TPSA) is 46.5 Å². The molecular formula is C7H14O3S. The molecule has 0 aliphatic rings. The van der Waals surface area contributed by atoms with Crippen LogP contribution < -0.4 is 0 Å². The summed E-state index contributed by atoms with van der Waals surface area (Å²) in [5.74, 6) is 0.0738. The minimum atomic E-state index is -0.776. The van der Waals surface area contributed by atoms with Crippen LogP contribution in [0, 0.1) is 0 Å². The van der Waals surface area contributed by atoms with Gasteiger partial charge >= 0.3 is 5.97 Å². The molecule has 0 aromatic heterocycles. The summed E-state index contributed by atoms with van der Waals surface area (Å²) in [6.45, 7) is 3.86. The second-order valence-electron chi connectivity index (χ2n) is 2.85. The summed E-state index contributed by atoms with van der Waals surface area (Å²) >= 11 is 1.37. The molecule has 0 aromatic carbocycles. The Morgan fingerprint density at radius 2 is 2.18 bits per heavy atom. The average molecular weight is 178 g/mol. The number of carboxylic acid groups (broad SMARTS) is 1. The number of ether oxygens (including phenoxy) is 1. The standard InChI is InChI=1S/C7H14O3S/c1-7(2,10-3)5-11-4-6(8)9/h4-5H2,1-3H3,(H,8,9). The molecule has 3 nitrogen and oxygen atoms in total. The van der Waals surface area contributed by atoms with Crippen LogP contribution in [0.5, 0.6) is 0 Å². The Kier molecular flexibility index (Phi) is 4.52. The van der Waals surface area contributed by atoms with Crippen molar-refractivity contribution in [2.75, 3.05) is 18.6 Å². The second-order valence-corrected chi connectivity index (χ2v) is 3.84. The molecule has 0 amide bonds. The third kappa shape index (κ3) is 6.19. The predicted molar refractivity (Wildman–Crippen MR) is 46.0 cm³/mol. The lowest BCUT2D eigenvalue weighted by Crippen LogP contribution is -2.26. The van der Waals surface area contributed by atoms with Crippen molar-refractivity contribution in [2.24, 2.45) is 0 Å². The molecule has 0 saturated heterocycles. The Hall–Kier alpha value is -0.220. The van der Waals surface area contributed by atoms with Crippen molar-refractivity contribution in [1.29, 1.82) is 0 Å². The van der Waals surface area contributed by atoms with Crippen LogP contribution in [0.3, 0.4) is 0 Å². The second kappa shape index (κ2) is 4.62. The van der Waals surface area contributed by atoms with Gasteiger partial charge in [0, 0.05) is 12.9 Å². The van der Waals surface area contributed by atoms with Crippen molar-refractivity contribution in [2.45, 2.75) is 19.4 Å². The van der Waals surface area contributed by atoms with Gasteiger partial charge in [-0.15, -0.1) is 11.8 Å². The van der Waals surface area contributed by atoms with E-state index in [2.05, 4.69) is 0 Å². The van der Waals surface area contributed by atoms with Gasteiger partial charge in [-0.3, -0.25) is 4.79 Å². The molecule has 11 heavy (non-hydrogen) atoms. The fourth-order valence-corrected chi connectivity index (χ4v) is 1.33. The third-order valence-corrected chi connectivity index (χ3v) is 2.58. The highest BCUT2D eigenvalue weighted by Crippen LogP contribution is 2.15. The Balaban J connectivity index is 3.45. The number of thioether (sulfide) groups is 1. The van der Waals surface area contributed by atoms with Gasteiger partial charge < -0.3 is 9.84 Å². The highest BCUT2D eigenvalue weighted by Gasteiger charge is 2.16. The largest absolute Gasteiger partial charge is 0.481 e. The van der Waals surface area contributed by atoms with Crippen LogP contribution in [0.2, 0.25) is 0 Å². The zero-order valence-corrected chi connectivity index (χ0v) is 7.90. The number of carboxylic acids is 1. The Morgan fingerprint density at radius 1 is 1.64 bits per heavy atom. The first-order chi connectivity index (χ1) is 4.98. The van der Waals surface area contributed by atoms with Crippen LogP contribution in [0.15, 0.2) is 0 Å². The van der Waals surface area contributed by atoms with E-state index in [4.69, 9.17) is 9.84 Å². The highest BCUT2D eigenvalue weighted by atomic mass is 32.2. The van der Waals surface area contributed by atoms with Crippen LogP contribution in [-0.4, -0.2) is 35.3 Å². The fraction of sp³-hybridized carbons (Fsp3) is 0.857. The quantitative estimate of drug-likeness (QED) is 0.687. The molecule has 0 fully saturated rings. The van der Waals surface area contributed by atoms with Gasteiger partial charge in [0.05, 0.1) is 11.4 Å². The van der Waals surface area contributed by atoms with Crippen molar-refractivity contribution in [3.05, 3.63) is 0 Å². The van der Waals surface area contributed by atoms with Crippen LogP contribution in [0.25, 0.3) is 0 Å². The first-order valence-electron chi connectivity index (χ1n) is 3.32. The van der Waals surface area contributed by atoms with Gasteiger partial charge in [0.25, 0.3) is 0 Å². The number of hydrogen-bond acceptors (Lipinski definition) is 3. The van der Waals surface area contributed by atoms with E-state index in [-0.39, 0.29) is 11.4 Å². The van der Waals surface area contributed by atoms with Gasteiger partial charge in [0.2, 0.25) is 0 Å². The maximum atomic E-state index is 10.1. The van der Waals surface area contributed by atoms with Crippen molar-refractivity contribution >= 4 is 17.7 Å². The van der Waals surface area contributed by atoms with Crippen molar-refractivity contribution < 1.29 is 14.6 Å². The molecule has 0 saturated carbocycles. The van der Waals surface area contributed by atoms with Gasteiger partial charge in [0.15, 0.2) is 0 Å². The highest BCUT2D eigenvalue weighted by molar-refractivity contribution is 8.00. The number of rotatable bonds is 5. The summed E-state index contributed by atoms with van der Waals surface area (Å²) in [6.07, 6.45) is 0. The fourth-order valence-electron chi connectivity index (χ4n) is 0.443. The number of hydrogen-bond donors (Lipinski definition) is 1. The monoisotopic (exact) mass is 178 g/mol. The molecule has 66 valence electrons. The summed E-state index contributed by atoms with van der Waals surface area (Å²) in [6, 6.07) is 0. The molecule has 0 rings (SSSR count). The molecular weight excluding hydrogens is 164 g/mol. The third-order valence-electron chi connectivity index (χ3n) is 1.23. The van der Waals surface area contributed by atoms with Gasteiger partial charge in [-0.05, 0) is 13.8 Å². The normalized spacial score (nSPS) is 11.5. The van der Waals surface area contributed by atoms with Gasteiger partial charge in [0.1, 0.15) is 0 Å². The van der Waals surface area contributed by atoms with E-state index in [1.165, 1.54) is 11.8 Å². The number of methoxy groups -OCH3 is 1. The van der Waals surface area contributed by atoms with Crippen LogP contribution in [-0.2, 0) is 9.53 Å². The summed E-state index contributed by atoms with van der Waals surface area (Å²) in [5.41, 5.74) is -0.222. The zero-order chi connectivity index (χ0) is 8.91. The van der Waals surface area contributed by atoms with E-state index in [1.807, 2.05) is 13.8 Å². The SMILES string of the molecule is COC(C)(C)CSCC(=O)O. The maximum Gasteiger partial charge on any atom is 0.313 e. The maximum absolute atomic E-state index is 10.1. The average Bonchev–Trinajstić information content (AvgIpc) is 1.87. The van der Waals surface area contributed by atoms with Crippen LogP contribution in [0.1, 0.15) is 13.8 Å². The summed E-state index contributed by atoms with van der Waals surface area (Å²) in [5, 5.41) is 8.32. The minimum absolute atomic E-state index is 0.146. The predicted octanol–water partition coefficient (Wildman–Crippen LogP) is 1.23. The zero-order valence-electron chi connectivity index (χ0n) is 7.09. The van der Waals surface area contributed by atoms with Gasteiger partial charge in [-0.25, -0.2) is 0 Å². The first kappa shape index (κ1) is 10.8. The molecule has 4 heteroatoms. The lowest BCUT2D eigenvalue weighted by atomic mass is 10.2. The molecule has 0 aliphatic carbocycles. The minimum Gasteiger partial charge on any atom is -0.481 e. The molecule has 0 atom stereocenters. The molecule has 0 radical (unpaired) electrons. The molecule has 0 aliphatic heterocycles. The molecule has 1 N–H and O–H groups in total. The smallest absolute Gasteiger partial charge is 0.313 e. The summed E-state index contributed by atoms with van der Waals surface area (Å²) in [4.78, 5) is 10.1. The van der Waals surface area contributed by atoms with Crippen molar-refractivity contribution in [1.82, 2.24) is 0 Å². The Labute approximate surface area is 71.1 Å². The van der Waals surface area contributed by atoms with E-state index < -0.39 is 5.97 Å². The lowest BCUT2D eigenvalue weighted by molar-refractivity contribution is -0.133. The van der Waals surface area contributed by atoms with Crippen molar-refractivity contribution in [3.8, 4) is 0 Å². The van der Waals surface area contributed by atoms with Crippen LogP contribution in [0.4, 0.5) is 0 Å². The van der Waals surface area contributed by atoms with Gasteiger partial charge in [-0.1, -0.05) is 0 Å². The van der Waals surface area contributed by atoms with E-state index in [9.17, 15) is 4.79 Å². The van der Waals surface area contributed by atoms with E-state index in [1.54, 1.807) is 7.11 Å². The number of carbonyl (C=O) groups is 1.